The highest BCUT2D eigenvalue weighted by atomic mass is 35.5. The molecule has 0 spiro atoms. The second-order valence-electron chi connectivity index (χ2n) is 5.15. The van der Waals surface area contributed by atoms with Gasteiger partial charge in [-0.25, -0.2) is 0 Å². The van der Waals surface area contributed by atoms with Crippen LogP contribution in [0.2, 0.25) is 5.02 Å². The summed E-state index contributed by atoms with van der Waals surface area (Å²) in [6.45, 7) is 2.80. The maximum Gasteiger partial charge on any atom is 0.138 e. The van der Waals surface area contributed by atoms with Crippen molar-refractivity contribution in [3.8, 4) is 5.75 Å². The lowest BCUT2D eigenvalue weighted by atomic mass is 10.1. The fraction of sp³-hybridized carbons (Fsp3) is 0.294. The largest absolute Gasteiger partial charge is 0.486 e. The van der Waals surface area contributed by atoms with Gasteiger partial charge in [0.1, 0.15) is 18.0 Å². The minimum Gasteiger partial charge on any atom is -0.486 e. The lowest BCUT2D eigenvalue weighted by Gasteiger charge is -2.18. The van der Waals surface area contributed by atoms with E-state index in [1.54, 1.807) is 0 Å². The predicted molar refractivity (Wildman–Crippen MR) is 80.5 cm³/mol. The van der Waals surface area contributed by atoms with E-state index >= 15 is 0 Å². The molecule has 0 bridgehead atoms. The third-order valence-electron chi connectivity index (χ3n) is 3.42. The van der Waals surface area contributed by atoms with Gasteiger partial charge < -0.3 is 9.47 Å². The number of hydrogen-bond acceptors (Lipinski definition) is 2. The minimum absolute atomic E-state index is 0.0108. The van der Waals surface area contributed by atoms with Crippen LogP contribution in [0.15, 0.2) is 48.5 Å². The Labute approximate surface area is 124 Å². The van der Waals surface area contributed by atoms with Gasteiger partial charge in [0, 0.05) is 6.42 Å². The lowest BCUT2D eigenvalue weighted by Crippen LogP contribution is -2.26. The Balaban J connectivity index is 1.76. The summed E-state index contributed by atoms with van der Waals surface area (Å²) in [6.07, 6.45) is 1.01. The number of ether oxygens (including phenoxy) is 2. The van der Waals surface area contributed by atoms with Crippen molar-refractivity contribution < 1.29 is 9.47 Å². The van der Waals surface area contributed by atoms with Gasteiger partial charge in [-0.15, -0.1) is 0 Å². The summed E-state index contributed by atoms with van der Waals surface area (Å²) in [5, 5.41) is 0.648. The monoisotopic (exact) mass is 288 g/mol. The molecule has 0 saturated carbocycles. The molecule has 3 rings (SSSR count). The number of hydrogen-bond donors (Lipinski definition) is 0. The molecule has 2 aromatic carbocycles. The molecule has 1 heterocycles. The third kappa shape index (κ3) is 3.33. The van der Waals surface area contributed by atoms with Crippen molar-refractivity contribution in [2.24, 2.45) is 0 Å². The van der Waals surface area contributed by atoms with E-state index in [0.29, 0.717) is 5.02 Å². The molecule has 2 unspecified atom stereocenters. The number of benzene rings is 2. The molecule has 1 saturated heterocycles. The van der Waals surface area contributed by atoms with Gasteiger partial charge in [-0.3, -0.25) is 0 Å². The quantitative estimate of drug-likeness (QED) is 0.775. The van der Waals surface area contributed by atoms with Crippen LogP contribution in [0, 0.1) is 6.92 Å². The molecule has 2 aromatic rings. The van der Waals surface area contributed by atoms with E-state index in [9.17, 15) is 0 Å². The van der Waals surface area contributed by atoms with Crippen LogP contribution in [0.4, 0.5) is 0 Å². The van der Waals surface area contributed by atoms with E-state index in [-0.39, 0.29) is 12.2 Å². The van der Waals surface area contributed by atoms with Crippen LogP contribution in [0.5, 0.6) is 5.75 Å². The first-order valence-electron chi connectivity index (χ1n) is 6.81. The van der Waals surface area contributed by atoms with Gasteiger partial charge in [0.05, 0.1) is 11.6 Å². The number of halogens is 1. The van der Waals surface area contributed by atoms with Gasteiger partial charge in [-0.2, -0.15) is 0 Å². The Kier molecular flexibility index (Phi) is 3.95. The molecule has 0 radical (unpaired) electrons. The van der Waals surface area contributed by atoms with Gasteiger partial charge in [0.2, 0.25) is 0 Å². The summed E-state index contributed by atoms with van der Waals surface area (Å²) in [5.41, 5.74) is 2.39. The van der Waals surface area contributed by atoms with E-state index in [0.717, 1.165) is 24.3 Å². The highest BCUT2D eigenvalue weighted by Gasteiger charge is 2.35. The maximum atomic E-state index is 6.20. The van der Waals surface area contributed by atoms with E-state index in [2.05, 4.69) is 12.1 Å². The van der Waals surface area contributed by atoms with Gasteiger partial charge >= 0.3 is 0 Å². The van der Waals surface area contributed by atoms with Crippen LogP contribution in [-0.4, -0.2) is 18.8 Å². The molecule has 0 amide bonds. The summed E-state index contributed by atoms with van der Waals surface area (Å²) in [7, 11) is 0. The Hall–Kier alpha value is -1.51. The highest BCUT2D eigenvalue weighted by molar-refractivity contribution is 6.32. The van der Waals surface area contributed by atoms with Crippen LogP contribution in [-0.2, 0) is 11.2 Å². The minimum atomic E-state index is 0.0108. The standard InChI is InChI=1S/C17H17ClO2/c1-12-7-8-14(18)15(9-12)20-16(17-11-19-17)10-13-5-3-2-4-6-13/h2-9,16-17H,10-11H2,1H3. The fourth-order valence-corrected chi connectivity index (χ4v) is 2.39. The van der Waals surface area contributed by atoms with Crippen LogP contribution < -0.4 is 4.74 Å². The van der Waals surface area contributed by atoms with Gasteiger partial charge in [0.15, 0.2) is 0 Å². The van der Waals surface area contributed by atoms with Gasteiger partial charge in [-0.1, -0.05) is 48.0 Å². The van der Waals surface area contributed by atoms with Crippen molar-refractivity contribution >= 4 is 11.6 Å². The Bertz CT molecular complexity index is 579. The summed E-state index contributed by atoms with van der Waals surface area (Å²) in [5.74, 6) is 0.739. The third-order valence-corrected chi connectivity index (χ3v) is 3.73. The molecule has 104 valence electrons. The summed E-state index contributed by atoms with van der Waals surface area (Å²) in [6, 6.07) is 16.1. The van der Waals surface area contributed by atoms with Crippen molar-refractivity contribution in [2.75, 3.05) is 6.61 Å². The molecule has 1 aliphatic rings. The zero-order valence-electron chi connectivity index (χ0n) is 11.4. The van der Waals surface area contributed by atoms with Crippen LogP contribution in [0.25, 0.3) is 0 Å². The van der Waals surface area contributed by atoms with E-state index in [1.807, 2.05) is 43.3 Å². The van der Waals surface area contributed by atoms with Crippen molar-refractivity contribution in [1.82, 2.24) is 0 Å². The summed E-state index contributed by atoms with van der Waals surface area (Å²) in [4.78, 5) is 0. The highest BCUT2D eigenvalue weighted by Crippen LogP contribution is 2.30. The van der Waals surface area contributed by atoms with E-state index in [1.165, 1.54) is 5.56 Å². The SMILES string of the molecule is Cc1ccc(Cl)c(OC(Cc2ccccc2)C2CO2)c1. The normalized spacial score (nSPS) is 18.6. The molecule has 0 aromatic heterocycles. The molecule has 2 atom stereocenters. The first kappa shape index (κ1) is 13.5. The van der Waals surface area contributed by atoms with Crippen molar-refractivity contribution in [3.05, 3.63) is 64.7 Å². The summed E-state index contributed by atoms with van der Waals surface area (Å²) < 4.78 is 11.5. The fourth-order valence-electron chi connectivity index (χ4n) is 2.23. The molecular formula is C17H17ClO2. The number of epoxide rings is 1. The zero-order valence-corrected chi connectivity index (χ0v) is 12.1. The van der Waals surface area contributed by atoms with Crippen molar-refractivity contribution in [1.29, 1.82) is 0 Å². The lowest BCUT2D eigenvalue weighted by molar-refractivity contribution is 0.159. The van der Waals surface area contributed by atoms with E-state index < -0.39 is 0 Å². The van der Waals surface area contributed by atoms with E-state index in [4.69, 9.17) is 21.1 Å². The maximum absolute atomic E-state index is 6.20. The molecule has 0 aliphatic carbocycles. The second kappa shape index (κ2) is 5.86. The second-order valence-corrected chi connectivity index (χ2v) is 5.56. The smallest absolute Gasteiger partial charge is 0.138 e. The summed E-state index contributed by atoms with van der Waals surface area (Å²) >= 11 is 6.20. The number of aryl methyl sites for hydroxylation is 1. The van der Waals surface area contributed by atoms with Crippen LogP contribution in [0.1, 0.15) is 11.1 Å². The molecule has 2 nitrogen and oxygen atoms in total. The van der Waals surface area contributed by atoms with Crippen LogP contribution in [0.3, 0.4) is 0 Å². The Morgan fingerprint density at radius 2 is 2.00 bits per heavy atom. The van der Waals surface area contributed by atoms with Crippen molar-refractivity contribution in [3.63, 3.8) is 0 Å². The molecule has 1 fully saturated rings. The Morgan fingerprint density at radius 1 is 1.25 bits per heavy atom. The average Bonchev–Trinajstić information content (AvgIpc) is 3.28. The number of rotatable bonds is 5. The Morgan fingerprint density at radius 3 is 2.70 bits per heavy atom. The van der Waals surface area contributed by atoms with Gasteiger partial charge in [0.25, 0.3) is 0 Å². The molecule has 3 heteroatoms. The average molecular weight is 289 g/mol. The molecule has 1 aliphatic heterocycles. The van der Waals surface area contributed by atoms with Crippen LogP contribution >= 0.6 is 11.6 Å². The topological polar surface area (TPSA) is 21.8 Å². The zero-order chi connectivity index (χ0) is 13.9. The molecular weight excluding hydrogens is 272 g/mol. The molecule has 20 heavy (non-hydrogen) atoms. The molecule has 0 N–H and O–H groups in total. The van der Waals surface area contributed by atoms with Crippen molar-refractivity contribution in [2.45, 2.75) is 25.6 Å². The predicted octanol–water partition coefficient (Wildman–Crippen LogP) is 4.04. The first-order valence-corrected chi connectivity index (χ1v) is 7.18. The van der Waals surface area contributed by atoms with Gasteiger partial charge in [-0.05, 0) is 30.2 Å². The first-order chi connectivity index (χ1) is 9.72.